The maximum Gasteiger partial charge on any atom is 0.270 e. The number of aryl methyl sites for hydroxylation is 1. The van der Waals surface area contributed by atoms with E-state index in [-0.39, 0.29) is 5.69 Å². The van der Waals surface area contributed by atoms with Gasteiger partial charge in [-0.05, 0) is 30.5 Å². The zero-order chi connectivity index (χ0) is 14.2. The van der Waals surface area contributed by atoms with Crippen molar-refractivity contribution in [2.24, 2.45) is 0 Å². The van der Waals surface area contributed by atoms with Crippen molar-refractivity contribution in [3.05, 3.63) is 44.3 Å². The molecule has 1 aromatic carbocycles. The molecule has 0 spiro atoms. The van der Waals surface area contributed by atoms with Crippen LogP contribution in [0.5, 0.6) is 0 Å². The van der Waals surface area contributed by atoms with Gasteiger partial charge >= 0.3 is 0 Å². The maximum atomic E-state index is 10.9. The van der Waals surface area contributed by atoms with Gasteiger partial charge in [0, 0.05) is 17.0 Å². The molecule has 2 aromatic rings. The van der Waals surface area contributed by atoms with Crippen LogP contribution < -0.4 is 5.73 Å². The predicted octanol–water partition coefficient (Wildman–Crippen LogP) is 3.39. The fourth-order valence-corrected chi connectivity index (χ4v) is 2.90. The highest BCUT2D eigenvalue weighted by Crippen LogP contribution is 2.39. The number of rotatable bonds is 2. The molecule has 5 nitrogen and oxygen atoms in total. The fraction of sp³-hybridized carbons (Fsp3) is 0.154. The van der Waals surface area contributed by atoms with E-state index >= 15 is 0 Å². The van der Waals surface area contributed by atoms with E-state index in [0.717, 1.165) is 21.6 Å². The summed E-state index contributed by atoms with van der Waals surface area (Å²) < 4.78 is 0. The highest BCUT2D eigenvalue weighted by molar-refractivity contribution is 7.16. The van der Waals surface area contributed by atoms with Crippen LogP contribution in [0.1, 0.15) is 16.0 Å². The van der Waals surface area contributed by atoms with E-state index < -0.39 is 4.92 Å². The molecule has 2 N–H and O–H groups in total. The summed E-state index contributed by atoms with van der Waals surface area (Å²) in [5.74, 6) is 0. The monoisotopic (exact) mass is 273 g/mol. The lowest BCUT2D eigenvalue weighted by atomic mass is 10.1. The van der Waals surface area contributed by atoms with Crippen molar-refractivity contribution in [3.8, 4) is 16.5 Å². The molecular weight excluding hydrogens is 262 g/mol. The molecule has 6 heteroatoms. The summed E-state index contributed by atoms with van der Waals surface area (Å²) in [5.41, 5.74) is 8.65. The van der Waals surface area contributed by atoms with E-state index in [1.165, 1.54) is 23.5 Å². The minimum absolute atomic E-state index is 0.0416. The number of thiophene rings is 1. The Morgan fingerprint density at radius 1 is 1.37 bits per heavy atom. The van der Waals surface area contributed by atoms with Gasteiger partial charge in [0.1, 0.15) is 10.9 Å². The van der Waals surface area contributed by atoms with E-state index in [2.05, 4.69) is 0 Å². The van der Waals surface area contributed by atoms with Gasteiger partial charge in [-0.25, -0.2) is 0 Å². The number of nitrogens with zero attached hydrogens (tertiary/aromatic N) is 2. The van der Waals surface area contributed by atoms with Gasteiger partial charge < -0.3 is 5.73 Å². The second kappa shape index (κ2) is 4.71. The number of non-ortho nitro benzene ring substituents is 1. The molecule has 0 aliphatic carbocycles. The number of nitro benzene ring substituents is 1. The second-order valence-electron chi connectivity index (χ2n) is 4.23. The largest absolute Gasteiger partial charge is 0.397 e. The molecule has 96 valence electrons. The topological polar surface area (TPSA) is 93.0 Å². The minimum atomic E-state index is -0.423. The molecule has 2 rings (SSSR count). The first-order valence-electron chi connectivity index (χ1n) is 5.49. The van der Waals surface area contributed by atoms with Crippen molar-refractivity contribution in [3.63, 3.8) is 0 Å². The molecule has 1 heterocycles. The molecular formula is C13H11N3O2S. The van der Waals surface area contributed by atoms with Crippen LogP contribution in [-0.2, 0) is 0 Å². The Morgan fingerprint density at radius 2 is 2.05 bits per heavy atom. The summed E-state index contributed by atoms with van der Waals surface area (Å²) in [6.45, 7) is 3.62. The van der Waals surface area contributed by atoms with Crippen LogP contribution in [0.4, 0.5) is 11.4 Å². The Kier molecular flexibility index (Phi) is 3.23. The number of nitrogen functional groups attached to an aromatic ring is 1. The molecule has 0 saturated heterocycles. The Labute approximate surface area is 114 Å². The molecule has 0 radical (unpaired) electrons. The van der Waals surface area contributed by atoms with Crippen molar-refractivity contribution in [1.29, 1.82) is 5.26 Å². The first-order valence-corrected chi connectivity index (χ1v) is 6.31. The number of hydrogen-bond donors (Lipinski definition) is 1. The number of benzene rings is 1. The Hall–Kier alpha value is -2.39. The number of nitrogens with two attached hydrogens (primary N) is 1. The lowest BCUT2D eigenvalue weighted by Crippen LogP contribution is -1.91. The first kappa shape index (κ1) is 13.1. The van der Waals surface area contributed by atoms with Crippen LogP contribution >= 0.6 is 11.3 Å². The van der Waals surface area contributed by atoms with Crippen molar-refractivity contribution in [2.75, 3.05) is 5.73 Å². The zero-order valence-corrected chi connectivity index (χ0v) is 11.2. The molecule has 0 bridgehead atoms. The normalized spacial score (nSPS) is 10.2. The first-order chi connectivity index (χ1) is 8.93. The van der Waals surface area contributed by atoms with Crippen molar-refractivity contribution < 1.29 is 4.92 Å². The molecule has 0 fully saturated rings. The van der Waals surface area contributed by atoms with Crippen LogP contribution in [0.25, 0.3) is 10.4 Å². The summed E-state index contributed by atoms with van der Waals surface area (Å²) in [5, 5.41) is 19.9. The van der Waals surface area contributed by atoms with Crippen molar-refractivity contribution in [2.45, 2.75) is 13.8 Å². The molecule has 1 aromatic heterocycles. The third-order valence-corrected chi connectivity index (χ3v) is 4.09. The number of anilines is 1. The van der Waals surface area contributed by atoms with Crippen LogP contribution in [0.3, 0.4) is 0 Å². The van der Waals surface area contributed by atoms with E-state index in [1.54, 1.807) is 6.92 Å². The summed E-state index contributed by atoms with van der Waals surface area (Å²) >= 11 is 1.26. The summed E-state index contributed by atoms with van der Waals surface area (Å²) in [6.07, 6.45) is 0. The Balaban J connectivity index is 2.66. The average molecular weight is 273 g/mol. The molecule has 0 aliphatic heterocycles. The van der Waals surface area contributed by atoms with Crippen LogP contribution in [0.15, 0.2) is 18.2 Å². The Bertz CT molecular complexity index is 713. The number of nitriles is 1. The highest BCUT2D eigenvalue weighted by atomic mass is 32.1. The van der Waals surface area contributed by atoms with Gasteiger partial charge in [-0.15, -0.1) is 11.3 Å². The highest BCUT2D eigenvalue weighted by Gasteiger charge is 2.16. The second-order valence-corrected chi connectivity index (χ2v) is 5.25. The smallest absolute Gasteiger partial charge is 0.270 e. The molecule has 0 atom stereocenters. The van der Waals surface area contributed by atoms with Crippen LogP contribution in [0.2, 0.25) is 0 Å². The van der Waals surface area contributed by atoms with Gasteiger partial charge in [0.15, 0.2) is 0 Å². The summed E-state index contributed by atoms with van der Waals surface area (Å²) in [6, 6.07) is 6.91. The van der Waals surface area contributed by atoms with Gasteiger partial charge in [-0.1, -0.05) is 6.07 Å². The van der Waals surface area contributed by atoms with Crippen LogP contribution in [0, 0.1) is 35.3 Å². The van der Waals surface area contributed by atoms with Gasteiger partial charge in [0.25, 0.3) is 5.69 Å². The zero-order valence-electron chi connectivity index (χ0n) is 10.4. The fourth-order valence-electron chi connectivity index (χ4n) is 1.88. The van der Waals surface area contributed by atoms with Gasteiger partial charge in [0.2, 0.25) is 0 Å². The van der Waals surface area contributed by atoms with Gasteiger partial charge in [0.05, 0.1) is 10.6 Å². The third-order valence-electron chi connectivity index (χ3n) is 2.83. The van der Waals surface area contributed by atoms with Gasteiger partial charge in [-0.3, -0.25) is 10.1 Å². The maximum absolute atomic E-state index is 10.9. The molecule has 0 unspecified atom stereocenters. The number of nitro groups is 1. The molecule has 19 heavy (non-hydrogen) atoms. The van der Waals surface area contributed by atoms with Crippen molar-refractivity contribution in [1.82, 2.24) is 0 Å². The summed E-state index contributed by atoms with van der Waals surface area (Å²) in [4.78, 5) is 11.7. The van der Waals surface area contributed by atoms with Crippen molar-refractivity contribution >= 4 is 22.7 Å². The van der Waals surface area contributed by atoms with E-state index in [9.17, 15) is 10.1 Å². The molecule has 0 aliphatic rings. The third kappa shape index (κ3) is 2.28. The summed E-state index contributed by atoms with van der Waals surface area (Å²) in [7, 11) is 0. The van der Waals surface area contributed by atoms with E-state index in [1.807, 2.05) is 19.1 Å². The molecule has 0 amide bonds. The lowest BCUT2D eigenvalue weighted by molar-refractivity contribution is -0.384. The average Bonchev–Trinajstić information content (AvgIpc) is 2.65. The van der Waals surface area contributed by atoms with Gasteiger partial charge in [-0.2, -0.15) is 5.26 Å². The van der Waals surface area contributed by atoms with E-state index in [4.69, 9.17) is 11.0 Å². The Morgan fingerprint density at radius 3 is 2.58 bits per heavy atom. The SMILES string of the molecule is Cc1cc(-c2sc(C#N)c(N)c2C)cc([N+](=O)[O-])c1. The minimum Gasteiger partial charge on any atom is -0.397 e. The quantitative estimate of drug-likeness (QED) is 0.670. The number of hydrogen-bond acceptors (Lipinski definition) is 5. The lowest BCUT2D eigenvalue weighted by Gasteiger charge is -2.02. The van der Waals surface area contributed by atoms with Crippen LogP contribution in [-0.4, -0.2) is 4.92 Å². The molecule has 0 saturated carbocycles. The standard InChI is InChI=1S/C13H11N3O2S/c1-7-3-9(5-10(4-7)16(17)18)13-8(2)12(15)11(6-14)19-13/h3-5H,15H2,1-2H3. The van der Waals surface area contributed by atoms with E-state index in [0.29, 0.717) is 10.6 Å². The predicted molar refractivity (Wildman–Crippen MR) is 75.0 cm³/mol.